The number of likely N-dealkylation sites (N-methyl/N-ethyl adjacent to an activating group) is 1. The van der Waals surface area contributed by atoms with Gasteiger partial charge >= 0.3 is 0 Å². The lowest BCUT2D eigenvalue weighted by Crippen LogP contribution is -2.53. The Morgan fingerprint density at radius 1 is 1.35 bits per heavy atom. The molecular weight excluding hydrogens is 212 g/mol. The van der Waals surface area contributed by atoms with Crippen molar-refractivity contribution >= 4 is 0 Å². The minimum Gasteiger partial charge on any atom is -0.374 e. The van der Waals surface area contributed by atoms with E-state index in [2.05, 4.69) is 46.6 Å². The number of ether oxygens (including phenoxy) is 1. The molecule has 4 unspecified atom stereocenters. The van der Waals surface area contributed by atoms with Gasteiger partial charge in [0.1, 0.15) is 0 Å². The van der Waals surface area contributed by atoms with Crippen molar-refractivity contribution in [2.45, 2.75) is 71.8 Å². The Hall–Kier alpha value is -0.120. The van der Waals surface area contributed by atoms with Crippen LogP contribution in [0, 0.1) is 5.41 Å². The van der Waals surface area contributed by atoms with Gasteiger partial charge in [-0.05, 0) is 39.2 Å². The van der Waals surface area contributed by atoms with Crippen LogP contribution in [0.15, 0.2) is 0 Å². The number of nitrogens with two attached hydrogens (primary N) is 1. The Kier molecular flexibility index (Phi) is 4.99. The van der Waals surface area contributed by atoms with Crippen LogP contribution in [0.3, 0.4) is 0 Å². The van der Waals surface area contributed by atoms with Gasteiger partial charge in [0.15, 0.2) is 0 Å². The standard InChI is InChI=1S/C14H30N2O/c1-10-7-8-13(17-10)12(9-15)16(6)11(2)14(3,4)5/h10-13H,7-9,15H2,1-6H3. The molecule has 0 amide bonds. The molecule has 102 valence electrons. The third-order valence-electron chi connectivity index (χ3n) is 4.32. The van der Waals surface area contributed by atoms with Crippen LogP contribution in [0.25, 0.3) is 0 Å². The van der Waals surface area contributed by atoms with Crippen molar-refractivity contribution in [1.82, 2.24) is 4.90 Å². The van der Waals surface area contributed by atoms with E-state index in [1.165, 1.54) is 6.42 Å². The fourth-order valence-electron chi connectivity index (χ4n) is 2.59. The summed E-state index contributed by atoms with van der Waals surface area (Å²) >= 11 is 0. The largest absolute Gasteiger partial charge is 0.374 e. The predicted molar refractivity (Wildman–Crippen MR) is 73.1 cm³/mol. The number of hydrogen-bond donors (Lipinski definition) is 1. The fraction of sp³-hybridized carbons (Fsp3) is 1.00. The summed E-state index contributed by atoms with van der Waals surface area (Å²) in [5, 5.41) is 0. The molecule has 2 N–H and O–H groups in total. The molecule has 0 aliphatic carbocycles. The number of hydrogen-bond acceptors (Lipinski definition) is 3. The van der Waals surface area contributed by atoms with Crippen molar-refractivity contribution in [2.75, 3.05) is 13.6 Å². The number of rotatable bonds is 4. The monoisotopic (exact) mass is 242 g/mol. The highest BCUT2D eigenvalue weighted by atomic mass is 16.5. The van der Waals surface area contributed by atoms with Crippen LogP contribution in [0.4, 0.5) is 0 Å². The van der Waals surface area contributed by atoms with Crippen molar-refractivity contribution < 1.29 is 4.74 Å². The molecule has 0 aromatic rings. The summed E-state index contributed by atoms with van der Waals surface area (Å²) in [6.45, 7) is 11.9. The second kappa shape index (κ2) is 5.68. The lowest BCUT2D eigenvalue weighted by molar-refractivity contribution is -0.0209. The van der Waals surface area contributed by atoms with Gasteiger partial charge in [-0.15, -0.1) is 0 Å². The molecule has 4 atom stereocenters. The molecule has 1 aliphatic rings. The lowest BCUT2D eigenvalue weighted by atomic mass is 9.86. The molecule has 0 spiro atoms. The summed E-state index contributed by atoms with van der Waals surface area (Å²) in [4.78, 5) is 2.41. The van der Waals surface area contributed by atoms with E-state index in [0.29, 0.717) is 30.8 Å². The summed E-state index contributed by atoms with van der Waals surface area (Å²) in [7, 11) is 2.18. The third-order valence-corrected chi connectivity index (χ3v) is 4.32. The summed E-state index contributed by atoms with van der Waals surface area (Å²) in [5.74, 6) is 0. The zero-order chi connectivity index (χ0) is 13.2. The average Bonchev–Trinajstić information content (AvgIpc) is 2.63. The average molecular weight is 242 g/mol. The zero-order valence-electron chi connectivity index (χ0n) is 12.4. The van der Waals surface area contributed by atoms with Crippen LogP contribution < -0.4 is 5.73 Å². The van der Waals surface area contributed by atoms with Crippen molar-refractivity contribution in [2.24, 2.45) is 11.1 Å². The van der Waals surface area contributed by atoms with Gasteiger partial charge in [0, 0.05) is 18.6 Å². The van der Waals surface area contributed by atoms with E-state index in [4.69, 9.17) is 10.5 Å². The van der Waals surface area contributed by atoms with Gasteiger partial charge in [0.2, 0.25) is 0 Å². The van der Waals surface area contributed by atoms with E-state index in [1.54, 1.807) is 0 Å². The van der Waals surface area contributed by atoms with Gasteiger partial charge in [-0.3, -0.25) is 4.90 Å². The first-order chi connectivity index (χ1) is 7.77. The highest BCUT2D eigenvalue weighted by molar-refractivity contribution is 4.89. The maximum atomic E-state index is 5.98. The molecule has 0 bridgehead atoms. The maximum Gasteiger partial charge on any atom is 0.0747 e. The Morgan fingerprint density at radius 2 is 1.94 bits per heavy atom. The van der Waals surface area contributed by atoms with E-state index >= 15 is 0 Å². The summed E-state index contributed by atoms with van der Waals surface area (Å²) in [5.41, 5.74) is 6.23. The van der Waals surface area contributed by atoms with Gasteiger partial charge in [-0.2, -0.15) is 0 Å². The highest BCUT2D eigenvalue weighted by Crippen LogP contribution is 2.29. The predicted octanol–water partition coefficient (Wildman–Crippen LogP) is 2.25. The Balaban J connectivity index is 2.67. The van der Waals surface area contributed by atoms with E-state index in [0.717, 1.165) is 6.42 Å². The lowest BCUT2D eigenvalue weighted by Gasteiger charge is -2.41. The first-order valence-electron chi connectivity index (χ1n) is 6.84. The number of nitrogens with zero attached hydrogens (tertiary/aromatic N) is 1. The second-order valence-electron chi connectivity index (χ2n) is 6.57. The SMILES string of the molecule is CC1CCC(C(CN)N(C)C(C)C(C)(C)C)O1. The van der Waals surface area contributed by atoms with Gasteiger partial charge < -0.3 is 10.5 Å². The molecule has 0 aromatic carbocycles. The molecule has 17 heavy (non-hydrogen) atoms. The summed E-state index contributed by atoms with van der Waals surface area (Å²) in [6, 6.07) is 0.838. The first-order valence-corrected chi connectivity index (χ1v) is 6.84. The molecule has 1 fully saturated rings. The molecular formula is C14H30N2O. The smallest absolute Gasteiger partial charge is 0.0747 e. The van der Waals surface area contributed by atoms with Crippen LogP contribution in [-0.4, -0.2) is 42.8 Å². The Morgan fingerprint density at radius 3 is 2.29 bits per heavy atom. The minimum atomic E-state index is 0.270. The van der Waals surface area contributed by atoms with Crippen LogP contribution in [0.5, 0.6) is 0 Å². The molecule has 0 radical (unpaired) electrons. The van der Waals surface area contributed by atoms with E-state index in [9.17, 15) is 0 Å². The Bertz CT molecular complexity index is 237. The molecule has 0 aromatic heterocycles. The van der Waals surface area contributed by atoms with Crippen LogP contribution in [0.1, 0.15) is 47.5 Å². The Labute approximate surface area is 107 Å². The summed E-state index contributed by atoms with van der Waals surface area (Å²) in [6.07, 6.45) is 3.01. The van der Waals surface area contributed by atoms with Crippen molar-refractivity contribution in [1.29, 1.82) is 0 Å². The van der Waals surface area contributed by atoms with Crippen molar-refractivity contribution in [3.63, 3.8) is 0 Å². The van der Waals surface area contributed by atoms with E-state index in [-0.39, 0.29) is 5.41 Å². The van der Waals surface area contributed by atoms with Crippen molar-refractivity contribution in [3.05, 3.63) is 0 Å². The second-order valence-corrected chi connectivity index (χ2v) is 6.57. The molecule has 1 aliphatic heterocycles. The highest BCUT2D eigenvalue weighted by Gasteiger charge is 2.35. The molecule has 1 saturated heterocycles. The summed E-state index contributed by atoms with van der Waals surface area (Å²) < 4.78 is 5.98. The molecule has 3 heteroatoms. The maximum absolute atomic E-state index is 5.98. The van der Waals surface area contributed by atoms with Crippen LogP contribution >= 0.6 is 0 Å². The third kappa shape index (κ3) is 3.67. The van der Waals surface area contributed by atoms with Crippen molar-refractivity contribution in [3.8, 4) is 0 Å². The van der Waals surface area contributed by atoms with Gasteiger partial charge in [-0.25, -0.2) is 0 Å². The first kappa shape index (κ1) is 14.9. The fourth-order valence-corrected chi connectivity index (χ4v) is 2.59. The quantitative estimate of drug-likeness (QED) is 0.822. The van der Waals surface area contributed by atoms with Crippen LogP contribution in [-0.2, 0) is 4.74 Å². The molecule has 0 saturated carbocycles. The topological polar surface area (TPSA) is 38.5 Å². The molecule has 3 nitrogen and oxygen atoms in total. The normalized spacial score (nSPS) is 29.6. The minimum absolute atomic E-state index is 0.270. The molecule has 1 heterocycles. The molecule has 1 rings (SSSR count). The van der Waals surface area contributed by atoms with E-state index < -0.39 is 0 Å². The van der Waals surface area contributed by atoms with Gasteiger partial charge in [0.25, 0.3) is 0 Å². The van der Waals surface area contributed by atoms with Crippen LogP contribution in [0.2, 0.25) is 0 Å². The van der Waals surface area contributed by atoms with Gasteiger partial charge in [-0.1, -0.05) is 20.8 Å². The van der Waals surface area contributed by atoms with Gasteiger partial charge in [0.05, 0.1) is 12.2 Å². The van der Waals surface area contributed by atoms with E-state index in [1.807, 2.05) is 0 Å². The zero-order valence-corrected chi connectivity index (χ0v) is 12.4.